The van der Waals surface area contributed by atoms with E-state index >= 15 is 0 Å². The average Bonchev–Trinajstić information content (AvgIpc) is 3.39. The average molecular weight is 581 g/mol. The van der Waals surface area contributed by atoms with Crippen molar-refractivity contribution < 1.29 is 27.4 Å². The quantitative estimate of drug-likeness (QED) is 0.321. The first-order valence-corrected chi connectivity index (χ1v) is 14.5. The summed E-state index contributed by atoms with van der Waals surface area (Å²) in [5.74, 6) is -0.848. The first-order valence-electron chi connectivity index (χ1n) is 12.2. The number of nitrogens with zero attached hydrogens (tertiary/aromatic N) is 2. The smallest absolute Gasteiger partial charge is 0.330 e. The molecule has 5 rings (SSSR count). The number of hydrogen-bond acceptors (Lipinski definition) is 7. The Labute approximate surface area is 235 Å². The number of thioether (sulfide) groups is 1. The van der Waals surface area contributed by atoms with Gasteiger partial charge in [-0.25, -0.2) is 18.4 Å². The molecule has 2 heterocycles. The molecular formula is C28H25FN4O5S2. The number of carbonyl (C=O) groups excluding carboxylic acids is 1. The van der Waals surface area contributed by atoms with Crippen LogP contribution in [0.15, 0.2) is 88.7 Å². The minimum absolute atomic E-state index is 0.118. The fourth-order valence-electron chi connectivity index (χ4n) is 3.91. The molecule has 1 fully saturated rings. The second-order valence-electron chi connectivity index (χ2n) is 9.29. The second kappa shape index (κ2) is 11.1. The summed E-state index contributed by atoms with van der Waals surface area (Å²) in [4.78, 5) is 17.2. The summed E-state index contributed by atoms with van der Waals surface area (Å²) in [5, 5.41) is 12.4. The molecule has 40 heavy (non-hydrogen) atoms. The number of ether oxygens (including phenoxy) is 1. The molecule has 0 aromatic heterocycles. The van der Waals surface area contributed by atoms with Gasteiger partial charge in [-0.15, -0.1) is 0 Å². The number of amidine groups is 1. The zero-order chi connectivity index (χ0) is 28.4. The van der Waals surface area contributed by atoms with Gasteiger partial charge in [-0.3, -0.25) is 4.79 Å². The van der Waals surface area contributed by atoms with Crippen LogP contribution < -0.4 is 19.1 Å². The minimum Gasteiger partial charge on any atom is -0.493 e. The number of anilines is 1. The van der Waals surface area contributed by atoms with E-state index in [1.807, 2.05) is 29.0 Å². The molecule has 12 heteroatoms. The van der Waals surface area contributed by atoms with Gasteiger partial charge in [0.1, 0.15) is 6.61 Å². The van der Waals surface area contributed by atoms with Gasteiger partial charge in [-0.05, 0) is 76.8 Å². The summed E-state index contributed by atoms with van der Waals surface area (Å²) in [5.41, 5.74) is 3.41. The summed E-state index contributed by atoms with van der Waals surface area (Å²) in [6.45, 7) is 4.47. The lowest BCUT2D eigenvalue weighted by Crippen LogP contribution is -2.29. The first-order chi connectivity index (χ1) is 19.1. The molecule has 206 valence electrons. The van der Waals surface area contributed by atoms with Gasteiger partial charge in [-0.1, -0.05) is 44.2 Å². The van der Waals surface area contributed by atoms with Crippen LogP contribution in [0.3, 0.4) is 0 Å². The van der Waals surface area contributed by atoms with Gasteiger partial charge >= 0.3 is 10.2 Å². The van der Waals surface area contributed by atoms with E-state index in [0.717, 1.165) is 27.8 Å². The molecule has 0 unspecified atom stereocenters. The van der Waals surface area contributed by atoms with Gasteiger partial charge < -0.3 is 15.2 Å². The van der Waals surface area contributed by atoms with E-state index in [2.05, 4.69) is 24.2 Å². The lowest BCUT2D eigenvalue weighted by molar-refractivity contribution is -0.115. The standard InChI is InChI=1S/C28H25FN4O5S2/c1-17(2)20-6-3-18(4-7-20)16-38-24-12-5-19(13-23(24)29)14-25-27(35)31-28(39-25)30-21-8-10-22(11-9-21)33-15-26(34)32-40(33,36)37/h3-15,17,32,34H,16H2,1-2H3,(H,30,31,35). The first kappa shape index (κ1) is 27.3. The summed E-state index contributed by atoms with van der Waals surface area (Å²) in [6, 6.07) is 18.7. The normalized spacial score (nSPS) is 18.2. The summed E-state index contributed by atoms with van der Waals surface area (Å²) in [7, 11) is -3.89. The van der Waals surface area contributed by atoms with E-state index in [4.69, 9.17) is 4.74 Å². The van der Waals surface area contributed by atoms with Crippen molar-refractivity contribution in [2.45, 2.75) is 26.4 Å². The molecule has 3 aromatic rings. The molecule has 1 saturated heterocycles. The number of nitrogens with one attached hydrogen (secondary N) is 2. The predicted molar refractivity (Wildman–Crippen MR) is 154 cm³/mol. The SMILES string of the molecule is CC(C)c1ccc(COc2ccc(C=C3SC(=Nc4ccc(N5C=C(O)NS5(=O)=O)cc4)NC3=O)cc2F)cc1. The summed E-state index contributed by atoms with van der Waals surface area (Å²) < 4.78 is 47.3. The number of aliphatic imine (C=N–C) groups is 1. The Morgan fingerprint density at radius 1 is 1.10 bits per heavy atom. The highest BCUT2D eigenvalue weighted by molar-refractivity contribution is 8.18. The topological polar surface area (TPSA) is 120 Å². The van der Waals surface area contributed by atoms with Gasteiger partial charge in [0.25, 0.3) is 5.91 Å². The molecular weight excluding hydrogens is 555 g/mol. The molecule has 0 radical (unpaired) electrons. The van der Waals surface area contributed by atoms with Crippen LogP contribution in [-0.2, 0) is 21.6 Å². The number of amides is 1. The Kier molecular flexibility index (Phi) is 7.55. The van der Waals surface area contributed by atoms with Crippen LogP contribution in [0.1, 0.15) is 36.5 Å². The molecule has 0 aliphatic carbocycles. The Balaban J connectivity index is 1.23. The van der Waals surface area contributed by atoms with Crippen molar-refractivity contribution in [1.82, 2.24) is 10.0 Å². The predicted octanol–water partition coefficient (Wildman–Crippen LogP) is 5.43. The maximum absolute atomic E-state index is 14.7. The molecule has 3 N–H and O–H groups in total. The molecule has 0 saturated carbocycles. The van der Waals surface area contributed by atoms with Crippen LogP contribution >= 0.6 is 11.8 Å². The third kappa shape index (κ3) is 6.13. The van der Waals surface area contributed by atoms with Gasteiger partial charge in [0.15, 0.2) is 16.7 Å². The van der Waals surface area contributed by atoms with Gasteiger partial charge in [0.05, 0.1) is 22.5 Å². The molecule has 2 aliphatic rings. The Bertz CT molecular complexity index is 1650. The number of aliphatic hydroxyl groups excluding tert-OH is 1. The number of aliphatic hydroxyl groups is 1. The van der Waals surface area contributed by atoms with Crippen LogP contribution in [0, 0.1) is 5.82 Å². The fourth-order valence-corrected chi connectivity index (χ4v) is 5.80. The number of carbonyl (C=O) groups is 1. The van der Waals surface area contributed by atoms with E-state index in [-0.39, 0.29) is 18.3 Å². The lowest BCUT2D eigenvalue weighted by Gasteiger charge is -2.13. The number of hydrogen-bond donors (Lipinski definition) is 3. The number of rotatable bonds is 7. The number of benzene rings is 3. The summed E-state index contributed by atoms with van der Waals surface area (Å²) in [6.07, 6.45) is 2.61. The van der Waals surface area contributed by atoms with E-state index < -0.39 is 21.9 Å². The molecule has 0 bridgehead atoms. The molecule has 9 nitrogen and oxygen atoms in total. The maximum atomic E-state index is 14.7. The van der Waals surface area contributed by atoms with Gasteiger partial charge in [-0.2, -0.15) is 8.42 Å². The van der Waals surface area contributed by atoms with E-state index in [0.29, 0.717) is 32.9 Å². The molecule has 3 aromatic carbocycles. The van der Waals surface area contributed by atoms with Crippen molar-refractivity contribution in [1.29, 1.82) is 0 Å². The third-order valence-electron chi connectivity index (χ3n) is 6.01. The highest BCUT2D eigenvalue weighted by Gasteiger charge is 2.29. The zero-order valence-corrected chi connectivity index (χ0v) is 23.1. The van der Waals surface area contributed by atoms with Crippen LogP contribution in [0.4, 0.5) is 15.8 Å². The largest absolute Gasteiger partial charge is 0.493 e. The van der Waals surface area contributed by atoms with Crippen molar-refractivity contribution in [3.63, 3.8) is 0 Å². The third-order valence-corrected chi connectivity index (χ3v) is 8.22. The summed E-state index contributed by atoms with van der Waals surface area (Å²) >= 11 is 1.10. The van der Waals surface area contributed by atoms with Gasteiger partial charge in [0.2, 0.25) is 5.88 Å². The minimum atomic E-state index is -3.89. The highest BCUT2D eigenvalue weighted by Crippen LogP contribution is 2.31. The Morgan fingerprint density at radius 3 is 2.45 bits per heavy atom. The van der Waals surface area contributed by atoms with Crippen LogP contribution in [0.5, 0.6) is 5.75 Å². The number of halogens is 1. The van der Waals surface area contributed by atoms with Crippen LogP contribution in [0.25, 0.3) is 6.08 Å². The Hall–Kier alpha value is -4.29. The van der Waals surface area contributed by atoms with Crippen molar-refractivity contribution in [2.24, 2.45) is 4.99 Å². The van der Waals surface area contributed by atoms with E-state index in [9.17, 15) is 22.7 Å². The van der Waals surface area contributed by atoms with Crippen molar-refractivity contribution >= 4 is 50.5 Å². The zero-order valence-electron chi connectivity index (χ0n) is 21.5. The van der Waals surface area contributed by atoms with Crippen LogP contribution in [-0.4, -0.2) is 24.6 Å². The molecule has 0 atom stereocenters. The van der Waals surface area contributed by atoms with Crippen molar-refractivity contribution in [3.05, 3.63) is 106 Å². The molecule has 2 aliphatic heterocycles. The fraction of sp³-hybridized carbons (Fsp3) is 0.143. The lowest BCUT2D eigenvalue weighted by atomic mass is 10.0. The van der Waals surface area contributed by atoms with Crippen molar-refractivity contribution in [2.75, 3.05) is 4.31 Å². The van der Waals surface area contributed by atoms with E-state index in [1.165, 1.54) is 29.8 Å². The molecule has 1 amide bonds. The van der Waals surface area contributed by atoms with Crippen molar-refractivity contribution in [3.8, 4) is 5.75 Å². The van der Waals surface area contributed by atoms with Gasteiger partial charge in [0, 0.05) is 0 Å². The maximum Gasteiger partial charge on any atom is 0.330 e. The highest BCUT2D eigenvalue weighted by atomic mass is 32.2. The molecule has 0 spiro atoms. The monoisotopic (exact) mass is 580 g/mol. The van der Waals surface area contributed by atoms with Crippen LogP contribution in [0.2, 0.25) is 0 Å². The second-order valence-corrected chi connectivity index (χ2v) is 11.9. The Morgan fingerprint density at radius 2 is 1.82 bits per heavy atom. The van der Waals surface area contributed by atoms with E-state index in [1.54, 1.807) is 24.3 Å².